The lowest BCUT2D eigenvalue weighted by Gasteiger charge is -2.12. The fourth-order valence-corrected chi connectivity index (χ4v) is 2.20. The van der Waals surface area contributed by atoms with Gasteiger partial charge in [-0.05, 0) is 50.5 Å². The van der Waals surface area contributed by atoms with Crippen LogP contribution in [0.5, 0.6) is 5.75 Å². The normalized spacial score (nSPS) is 10.8. The van der Waals surface area contributed by atoms with Gasteiger partial charge in [0.05, 0.1) is 11.3 Å². The zero-order valence-corrected chi connectivity index (χ0v) is 12.2. The predicted molar refractivity (Wildman–Crippen MR) is 77.3 cm³/mol. The predicted octanol–water partition coefficient (Wildman–Crippen LogP) is 2.81. The third kappa shape index (κ3) is 2.57. The molecule has 1 aromatic heterocycles. The van der Waals surface area contributed by atoms with Crippen molar-refractivity contribution in [3.05, 3.63) is 40.1 Å². The number of benzene rings is 1. The number of rotatable bonds is 3. The largest absolute Gasteiger partial charge is 0.488 e. The number of anilines is 1. The summed E-state index contributed by atoms with van der Waals surface area (Å²) in [6, 6.07) is 4.22. The Morgan fingerprint density at radius 1 is 1.21 bits per heavy atom. The lowest BCUT2D eigenvalue weighted by atomic mass is 10.1. The van der Waals surface area contributed by atoms with Crippen LogP contribution in [0, 0.1) is 27.7 Å². The topological polar surface area (TPSA) is 53.1 Å². The molecule has 4 nitrogen and oxygen atoms in total. The van der Waals surface area contributed by atoms with Gasteiger partial charge < -0.3 is 10.5 Å². The first-order valence-electron chi connectivity index (χ1n) is 6.38. The summed E-state index contributed by atoms with van der Waals surface area (Å²) < 4.78 is 7.61. The molecule has 0 spiro atoms. The van der Waals surface area contributed by atoms with Gasteiger partial charge in [-0.25, -0.2) is 0 Å². The van der Waals surface area contributed by atoms with E-state index >= 15 is 0 Å². The zero-order valence-electron chi connectivity index (χ0n) is 12.2. The maximum absolute atomic E-state index is 5.99. The summed E-state index contributed by atoms with van der Waals surface area (Å²) in [7, 11) is 1.84. The quantitative estimate of drug-likeness (QED) is 0.922. The molecule has 19 heavy (non-hydrogen) atoms. The van der Waals surface area contributed by atoms with Gasteiger partial charge in [-0.3, -0.25) is 4.68 Å². The summed E-state index contributed by atoms with van der Waals surface area (Å²) in [5.41, 5.74) is 11.5. The van der Waals surface area contributed by atoms with Crippen LogP contribution in [0.15, 0.2) is 12.1 Å². The van der Waals surface area contributed by atoms with E-state index in [0.717, 1.165) is 17.0 Å². The van der Waals surface area contributed by atoms with Crippen molar-refractivity contribution in [1.82, 2.24) is 9.78 Å². The van der Waals surface area contributed by atoms with Gasteiger partial charge in [0.1, 0.15) is 18.2 Å². The molecule has 0 bridgehead atoms. The molecule has 0 radical (unpaired) electrons. The molecule has 1 heterocycles. The molecule has 0 atom stereocenters. The minimum Gasteiger partial charge on any atom is -0.488 e. The Hall–Kier alpha value is -1.97. The molecule has 0 aliphatic heterocycles. The van der Waals surface area contributed by atoms with Crippen LogP contribution in [0.1, 0.15) is 27.9 Å². The van der Waals surface area contributed by atoms with E-state index in [4.69, 9.17) is 10.5 Å². The molecular weight excluding hydrogens is 238 g/mol. The van der Waals surface area contributed by atoms with E-state index in [9.17, 15) is 0 Å². The number of ether oxygens (including phenoxy) is 1. The molecule has 102 valence electrons. The smallest absolute Gasteiger partial charge is 0.128 e. The van der Waals surface area contributed by atoms with Crippen LogP contribution in [0.4, 0.5) is 5.82 Å². The SMILES string of the molecule is Cc1cc(C)c(C)c(OCc2c(C)nn(C)c2N)c1. The average Bonchev–Trinajstić information content (AvgIpc) is 2.57. The number of hydrogen-bond donors (Lipinski definition) is 1. The van der Waals surface area contributed by atoms with Crippen LogP contribution in [-0.2, 0) is 13.7 Å². The molecule has 4 heteroatoms. The fourth-order valence-electron chi connectivity index (χ4n) is 2.20. The number of nitrogens with zero attached hydrogens (tertiary/aromatic N) is 2. The van der Waals surface area contributed by atoms with Crippen molar-refractivity contribution >= 4 is 5.82 Å². The number of aromatic nitrogens is 2. The first-order chi connectivity index (χ1) is 8.90. The number of hydrogen-bond acceptors (Lipinski definition) is 3. The number of nitrogens with two attached hydrogens (primary N) is 1. The van der Waals surface area contributed by atoms with Gasteiger partial charge in [-0.2, -0.15) is 5.10 Å². The van der Waals surface area contributed by atoms with Gasteiger partial charge in [0.25, 0.3) is 0 Å². The van der Waals surface area contributed by atoms with E-state index in [1.807, 2.05) is 14.0 Å². The Bertz CT molecular complexity index is 614. The molecule has 1 aromatic carbocycles. The van der Waals surface area contributed by atoms with Crippen LogP contribution >= 0.6 is 0 Å². The van der Waals surface area contributed by atoms with E-state index in [1.165, 1.54) is 16.7 Å². The Kier molecular flexibility index (Phi) is 3.51. The van der Waals surface area contributed by atoms with Crippen molar-refractivity contribution in [1.29, 1.82) is 0 Å². The highest BCUT2D eigenvalue weighted by Crippen LogP contribution is 2.25. The third-order valence-electron chi connectivity index (χ3n) is 3.53. The van der Waals surface area contributed by atoms with Crippen LogP contribution in [0.25, 0.3) is 0 Å². The van der Waals surface area contributed by atoms with Crippen molar-refractivity contribution in [2.45, 2.75) is 34.3 Å². The van der Waals surface area contributed by atoms with Gasteiger partial charge in [0.15, 0.2) is 0 Å². The Morgan fingerprint density at radius 2 is 1.89 bits per heavy atom. The molecule has 0 fully saturated rings. The molecule has 2 rings (SSSR count). The van der Waals surface area contributed by atoms with Crippen LogP contribution in [0.2, 0.25) is 0 Å². The monoisotopic (exact) mass is 259 g/mol. The van der Waals surface area contributed by atoms with E-state index in [1.54, 1.807) is 4.68 Å². The van der Waals surface area contributed by atoms with Gasteiger partial charge in [0.2, 0.25) is 0 Å². The van der Waals surface area contributed by atoms with E-state index < -0.39 is 0 Å². The van der Waals surface area contributed by atoms with E-state index in [-0.39, 0.29) is 0 Å². The molecule has 0 saturated carbocycles. The summed E-state index contributed by atoms with van der Waals surface area (Å²) in [6.45, 7) is 8.64. The molecule has 0 unspecified atom stereocenters. The van der Waals surface area contributed by atoms with Gasteiger partial charge in [0, 0.05) is 7.05 Å². The highest BCUT2D eigenvalue weighted by molar-refractivity contribution is 5.45. The minimum absolute atomic E-state index is 0.454. The molecule has 0 saturated heterocycles. The Labute approximate surface area is 114 Å². The maximum Gasteiger partial charge on any atom is 0.128 e. The van der Waals surface area contributed by atoms with Crippen LogP contribution in [-0.4, -0.2) is 9.78 Å². The lowest BCUT2D eigenvalue weighted by molar-refractivity contribution is 0.303. The molecular formula is C15H21N3O. The van der Waals surface area contributed by atoms with Gasteiger partial charge in [-0.15, -0.1) is 0 Å². The second kappa shape index (κ2) is 4.96. The molecule has 0 amide bonds. The maximum atomic E-state index is 5.99. The fraction of sp³-hybridized carbons (Fsp3) is 0.400. The summed E-state index contributed by atoms with van der Waals surface area (Å²) >= 11 is 0. The molecule has 2 N–H and O–H groups in total. The summed E-state index contributed by atoms with van der Waals surface area (Å²) in [6.07, 6.45) is 0. The van der Waals surface area contributed by atoms with Crippen LogP contribution < -0.4 is 10.5 Å². The summed E-state index contributed by atoms with van der Waals surface area (Å²) in [5.74, 6) is 1.58. The molecule has 0 aliphatic rings. The lowest BCUT2D eigenvalue weighted by Crippen LogP contribution is -2.03. The third-order valence-corrected chi connectivity index (χ3v) is 3.53. The second-order valence-corrected chi connectivity index (χ2v) is 5.07. The van der Waals surface area contributed by atoms with Crippen molar-refractivity contribution < 1.29 is 4.74 Å². The van der Waals surface area contributed by atoms with Gasteiger partial charge in [-0.1, -0.05) is 6.07 Å². The highest BCUT2D eigenvalue weighted by Gasteiger charge is 2.12. The van der Waals surface area contributed by atoms with E-state index in [2.05, 4.69) is 38.0 Å². The zero-order chi connectivity index (χ0) is 14.2. The number of nitrogen functional groups attached to an aromatic ring is 1. The van der Waals surface area contributed by atoms with E-state index in [0.29, 0.717) is 12.4 Å². The Balaban J connectivity index is 2.24. The van der Waals surface area contributed by atoms with Crippen molar-refractivity contribution in [2.24, 2.45) is 7.05 Å². The van der Waals surface area contributed by atoms with Gasteiger partial charge >= 0.3 is 0 Å². The van der Waals surface area contributed by atoms with Crippen LogP contribution in [0.3, 0.4) is 0 Å². The van der Waals surface area contributed by atoms with Crippen molar-refractivity contribution in [3.8, 4) is 5.75 Å². The summed E-state index contributed by atoms with van der Waals surface area (Å²) in [5, 5.41) is 4.29. The summed E-state index contributed by atoms with van der Waals surface area (Å²) in [4.78, 5) is 0. The van der Waals surface area contributed by atoms with Crippen molar-refractivity contribution in [3.63, 3.8) is 0 Å². The standard InChI is InChI=1S/C15H21N3O/c1-9-6-10(2)11(3)14(7-9)19-8-13-12(4)17-18(5)15(13)16/h6-7H,8,16H2,1-5H3. The first kappa shape index (κ1) is 13.5. The first-order valence-corrected chi connectivity index (χ1v) is 6.38. The Morgan fingerprint density at radius 3 is 2.47 bits per heavy atom. The second-order valence-electron chi connectivity index (χ2n) is 5.07. The average molecular weight is 259 g/mol. The molecule has 0 aliphatic carbocycles. The molecule has 2 aromatic rings. The highest BCUT2D eigenvalue weighted by atomic mass is 16.5. The number of aryl methyl sites for hydroxylation is 4. The minimum atomic E-state index is 0.454. The van der Waals surface area contributed by atoms with Crippen molar-refractivity contribution in [2.75, 3.05) is 5.73 Å².